The van der Waals surface area contributed by atoms with Crippen molar-refractivity contribution in [3.05, 3.63) is 34.9 Å². The average Bonchev–Trinajstić information content (AvgIpc) is 2.24. The van der Waals surface area contributed by atoms with Crippen molar-refractivity contribution in [1.29, 1.82) is 0 Å². The van der Waals surface area contributed by atoms with Crippen molar-refractivity contribution in [2.75, 3.05) is 0 Å². The molecule has 1 aromatic carbocycles. The van der Waals surface area contributed by atoms with Crippen LogP contribution < -0.4 is 11.1 Å². The number of hydrogen-bond donors (Lipinski definition) is 2. The number of benzene rings is 1. The zero-order valence-corrected chi connectivity index (χ0v) is 11.2. The normalized spacial score (nSPS) is 11.9. The van der Waals surface area contributed by atoms with Crippen LogP contribution in [0.5, 0.6) is 0 Å². The molecule has 92 valence electrons. The molecule has 4 heteroatoms. The second-order valence-electron chi connectivity index (χ2n) is 4.16. The van der Waals surface area contributed by atoms with Crippen molar-refractivity contribution in [2.45, 2.75) is 33.2 Å². The van der Waals surface area contributed by atoms with Gasteiger partial charge in [0, 0.05) is 5.56 Å². The molecular formula is C13H18N2OS. The molecule has 0 aromatic heterocycles. The number of carbonyl (C=O) groups is 1. The molecule has 0 radical (unpaired) electrons. The van der Waals surface area contributed by atoms with Crippen molar-refractivity contribution in [1.82, 2.24) is 5.32 Å². The smallest absolute Gasteiger partial charge is 0.252 e. The monoisotopic (exact) mass is 250 g/mol. The first-order chi connectivity index (χ1) is 7.95. The molecule has 0 saturated heterocycles. The third kappa shape index (κ3) is 3.53. The Balaban J connectivity index is 2.86. The molecule has 1 amide bonds. The van der Waals surface area contributed by atoms with E-state index in [1.807, 2.05) is 39.0 Å². The minimum Gasteiger partial charge on any atom is -0.392 e. The van der Waals surface area contributed by atoms with Crippen LogP contribution in [0.15, 0.2) is 18.2 Å². The largest absolute Gasteiger partial charge is 0.392 e. The Morgan fingerprint density at radius 1 is 1.47 bits per heavy atom. The van der Waals surface area contributed by atoms with Gasteiger partial charge in [-0.2, -0.15) is 0 Å². The highest BCUT2D eigenvalue weighted by Crippen LogP contribution is 2.10. The summed E-state index contributed by atoms with van der Waals surface area (Å²) in [6, 6.07) is 5.49. The molecule has 0 fully saturated rings. The SMILES string of the molecule is CCC(NC(=O)c1ccc(C)cc1C)C(N)=S. The predicted octanol–water partition coefficient (Wildman–Crippen LogP) is 2.10. The molecule has 0 heterocycles. The first-order valence-corrected chi connectivity index (χ1v) is 6.04. The van der Waals surface area contributed by atoms with Gasteiger partial charge in [-0.05, 0) is 31.9 Å². The Bertz CT molecular complexity index is 443. The minimum atomic E-state index is -0.238. The van der Waals surface area contributed by atoms with Crippen LogP contribution >= 0.6 is 12.2 Å². The Morgan fingerprint density at radius 3 is 2.59 bits per heavy atom. The summed E-state index contributed by atoms with van der Waals surface area (Å²) in [5, 5.41) is 2.84. The van der Waals surface area contributed by atoms with Crippen LogP contribution in [0.4, 0.5) is 0 Å². The summed E-state index contributed by atoms with van der Waals surface area (Å²) in [6.45, 7) is 5.86. The second-order valence-corrected chi connectivity index (χ2v) is 4.63. The van der Waals surface area contributed by atoms with Crippen LogP contribution in [-0.4, -0.2) is 16.9 Å². The van der Waals surface area contributed by atoms with Gasteiger partial charge in [-0.15, -0.1) is 0 Å². The summed E-state index contributed by atoms with van der Waals surface area (Å²) in [6.07, 6.45) is 0.700. The van der Waals surface area contributed by atoms with Crippen LogP contribution in [0.2, 0.25) is 0 Å². The van der Waals surface area contributed by atoms with Crippen molar-refractivity contribution in [3.8, 4) is 0 Å². The topological polar surface area (TPSA) is 55.1 Å². The van der Waals surface area contributed by atoms with Crippen LogP contribution in [0, 0.1) is 13.8 Å². The number of nitrogens with one attached hydrogen (secondary N) is 1. The predicted molar refractivity (Wildman–Crippen MR) is 74.2 cm³/mol. The molecule has 3 N–H and O–H groups in total. The van der Waals surface area contributed by atoms with Gasteiger partial charge < -0.3 is 11.1 Å². The van der Waals surface area contributed by atoms with E-state index in [2.05, 4.69) is 5.32 Å². The van der Waals surface area contributed by atoms with Gasteiger partial charge in [0.05, 0.1) is 11.0 Å². The van der Waals surface area contributed by atoms with Gasteiger partial charge in [0.1, 0.15) is 0 Å². The molecule has 0 spiro atoms. The summed E-state index contributed by atoms with van der Waals surface area (Å²) in [5.74, 6) is -0.123. The molecule has 0 aliphatic rings. The first kappa shape index (κ1) is 13.6. The summed E-state index contributed by atoms with van der Waals surface area (Å²) in [4.78, 5) is 12.3. The van der Waals surface area contributed by atoms with E-state index >= 15 is 0 Å². The Kier molecular flexibility index (Phi) is 4.63. The molecule has 1 unspecified atom stereocenters. The zero-order chi connectivity index (χ0) is 13.0. The van der Waals surface area contributed by atoms with Gasteiger partial charge in [0.2, 0.25) is 0 Å². The Labute approximate surface area is 107 Å². The molecule has 0 saturated carbocycles. The molecule has 0 bridgehead atoms. The molecule has 17 heavy (non-hydrogen) atoms. The van der Waals surface area contributed by atoms with Gasteiger partial charge in [0.25, 0.3) is 5.91 Å². The number of amides is 1. The zero-order valence-electron chi connectivity index (χ0n) is 10.4. The molecule has 0 aliphatic heterocycles. The van der Waals surface area contributed by atoms with Crippen LogP contribution in [0.25, 0.3) is 0 Å². The standard InChI is InChI=1S/C13H18N2OS/c1-4-11(12(14)17)15-13(16)10-6-5-8(2)7-9(10)3/h5-7,11H,4H2,1-3H3,(H2,14,17)(H,15,16). The van der Waals surface area contributed by atoms with Crippen LogP contribution in [0.1, 0.15) is 34.8 Å². The Morgan fingerprint density at radius 2 is 2.12 bits per heavy atom. The number of carbonyl (C=O) groups excluding carboxylic acids is 1. The molecule has 0 aliphatic carbocycles. The molecule has 1 atom stereocenters. The lowest BCUT2D eigenvalue weighted by atomic mass is 10.0. The number of nitrogens with two attached hydrogens (primary N) is 1. The fraction of sp³-hybridized carbons (Fsp3) is 0.385. The van der Waals surface area contributed by atoms with E-state index in [9.17, 15) is 4.79 Å². The summed E-state index contributed by atoms with van der Waals surface area (Å²) >= 11 is 4.90. The van der Waals surface area contributed by atoms with E-state index in [4.69, 9.17) is 18.0 Å². The lowest BCUT2D eigenvalue weighted by Crippen LogP contribution is -2.43. The van der Waals surface area contributed by atoms with Crippen molar-refractivity contribution in [3.63, 3.8) is 0 Å². The van der Waals surface area contributed by atoms with E-state index < -0.39 is 0 Å². The van der Waals surface area contributed by atoms with Crippen molar-refractivity contribution >= 4 is 23.1 Å². The molecular weight excluding hydrogens is 232 g/mol. The average molecular weight is 250 g/mol. The highest BCUT2D eigenvalue weighted by Gasteiger charge is 2.15. The highest BCUT2D eigenvalue weighted by atomic mass is 32.1. The van der Waals surface area contributed by atoms with Crippen molar-refractivity contribution in [2.24, 2.45) is 5.73 Å². The fourth-order valence-corrected chi connectivity index (χ4v) is 1.90. The quantitative estimate of drug-likeness (QED) is 0.805. The number of thiocarbonyl (C=S) groups is 1. The van der Waals surface area contributed by atoms with E-state index in [1.165, 1.54) is 0 Å². The fourth-order valence-electron chi connectivity index (χ4n) is 1.68. The maximum atomic E-state index is 12.0. The van der Waals surface area contributed by atoms with Gasteiger partial charge in [-0.25, -0.2) is 0 Å². The van der Waals surface area contributed by atoms with E-state index in [-0.39, 0.29) is 11.9 Å². The third-order valence-electron chi connectivity index (χ3n) is 2.68. The minimum absolute atomic E-state index is 0.123. The second kappa shape index (κ2) is 5.77. The number of rotatable bonds is 4. The lowest BCUT2D eigenvalue weighted by Gasteiger charge is -2.16. The lowest BCUT2D eigenvalue weighted by molar-refractivity contribution is 0.0946. The summed E-state index contributed by atoms with van der Waals surface area (Å²) in [5.41, 5.74) is 8.32. The van der Waals surface area contributed by atoms with Gasteiger partial charge in [-0.3, -0.25) is 4.79 Å². The summed E-state index contributed by atoms with van der Waals surface area (Å²) < 4.78 is 0. The van der Waals surface area contributed by atoms with Gasteiger partial charge in [-0.1, -0.05) is 36.8 Å². The van der Waals surface area contributed by atoms with E-state index in [0.717, 1.165) is 11.1 Å². The summed E-state index contributed by atoms with van der Waals surface area (Å²) in [7, 11) is 0. The van der Waals surface area contributed by atoms with Gasteiger partial charge >= 0.3 is 0 Å². The van der Waals surface area contributed by atoms with Crippen LogP contribution in [0.3, 0.4) is 0 Å². The highest BCUT2D eigenvalue weighted by molar-refractivity contribution is 7.80. The number of aryl methyl sites for hydroxylation is 2. The molecule has 1 rings (SSSR count). The Hall–Kier alpha value is -1.42. The van der Waals surface area contributed by atoms with E-state index in [1.54, 1.807) is 0 Å². The molecule has 1 aromatic rings. The van der Waals surface area contributed by atoms with Crippen LogP contribution in [-0.2, 0) is 0 Å². The maximum absolute atomic E-state index is 12.0. The molecule has 3 nitrogen and oxygen atoms in total. The van der Waals surface area contributed by atoms with Gasteiger partial charge in [0.15, 0.2) is 0 Å². The van der Waals surface area contributed by atoms with E-state index in [0.29, 0.717) is 17.0 Å². The number of hydrogen-bond acceptors (Lipinski definition) is 2. The first-order valence-electron chi connectivity index (χ1n) is 5.63. The third-order valence-corrected chi connectivity index (χ3v) is 2.97. The van der Waals surface area contributed by atoms with Crippen molar-refractivity contribution < 1.29 is 4.79 Å². The maximum Gasteiger partial charge on any atom is 0.252 e.